The van der Waals surface area contributed by atoms with E-state index in [2.05, 4.69) is 44.2 Å². The zero-order chi connectivity index (χ0) is 20.1. The average Bonchev–Trinajstić information content (AvgIpc) is 2.84. The molecule has 27 heavy (non-hydrogen) atoms. The highest BCUT2D eigenvalue weighted by Crippen LogP contribution is 2.30. The first kappa shape index (κ1) is 20.9. The summed E-state index contributed by atoms with van der Waals surface area (Å²) in [7, 11) is 1.49. The van der Waals surface area contributed by atoms with E-state index in [0.29, 0.717) is 11.6 Å². The Hall–Kier alpha value is -2.43. The van der Waals surface area contributed by atoms with E-state index in [1.54, 1.807) is 6.92 Å². The molecule has 2 unspecified atom stereocenters. The van der Waals surface area contributed by atoms with E-state index >= 15 is 0 Å². The van der Waals surface area contributed by atoms with Crippen molar-refractivity contribution >= 4 is 11.6 Å². The maximum absolute atomic E-state index is 14.2. The third-order valence-corrected chi connectivity index (χ3v) is 4.79. The third kappa shape index (κ3) is 5.28. The van der Waals surface area contributed by atoms with E-state index in [4.69, 9.17) is 0 Å². The molecule has 0 bridgehead atoms. The number of nitrogens with one attached hydrogen (secondary N) is 1. The molecule has 0 spiro atoms. The van der Waals surface area contributed by atoms with Gasteiger partial charge in [0.15, 0.2) is 0 Å². The Balaban J connectivity index is 0.00000392. The fourth-order valence-electron chi connectivity index (χ4n) is 3.43. The molecule has 0 aliphatic rings. The van der Waals surface area contributed by atoms with Crippen LogP contribution in [-0.4, -0.2) is 15.7 Å². The maximum Gasteiger partial charge on any atom is 0.262 e. The normalized spacial score (nSPS) is 13.1. The van der Waals surface area contributed by atoms with Crippen molar-refractivity contribution in [1.82, 2.24) is 9.78 Å². The molecule has 1 heterocycles. The van der Waals surface area contributed by atoms with Crippen LogP contribution in [-0.2, 0) is 7.05 Å². The summed E-state index contributed by atoms with van der Waals surface area (Å²) in [4.78, 5) is 12.6. The van der Waals surface area contributed by atoms with Gasteiger partial charge in [0.1, 0.15) is 5.56 Å². The minimum atomic E-state index is -0.619. The van der Waals surface area contributed by atoms with Crippen molar-refractivity contribution < 1.29 is 10.6 Å². The summed E-state index contributed by atoms with van der Waals surface area (Å²) in [5, 5.41) is 6.86. The highest BCUT2D eigenvalue weighted by atomic mass is 19.1. The van der Waals surface area contributed by atoms with Gasteiger partial charge in [-0.3, -0.25) is 4.79 Å². The number of para-hydroxylation sites is 1. The Labute approximate surface area is 163 Å². The quantitative estimate of drug-likeness (QED) is 0.619. The van der Waals surface area contributed by atoms with Crippen molar-refractivity contribution in [2.24, 2.45) is 13.0 Å². The van der Waals surface area contributed by atoms with Gasteiger partial charge in [0.2, 0.25) is 5.95 Å². The van der Waals surface area contributed by atoms with E-state index in [0.717, 1.165) is 28.8 Å². The summed E-state index contributed by atoms with van der Waals surface area (Å²) in [6.45, 7) is 10.3. The first-order chi connectivity index (χ1) is 12.7. The van der Waals surface area contributed by atoms with Crippen LogP contribution in [0, 0.1) is 18.8 Å². The van der Waals surface area contributed by atoms with Gasteiger partial charge < -0.3 is 5.32 Å². The van der Waals surface area contributed by atoms with Gasteiger partial charge in [-0.2, -0.15) is 9.49 Å². The molecule has 0 saturated heterocycles. The Morgan fingerprint density at radius 1 is 1.30 bits per heavy atom. The van der Waals surface area contributed by atoms with Crippen LogP contribution in [0.4, 0.5) is 10.1 Å². The molecular weight excluding hydrogens is 341 g/mol. The smallest absolute Gasteiger partial charge is 0.262 e. The number of amides is 1. The molecule has 2 atom stereocenters. The second kappa shape index (κ2) is 8.98. The molecular formula is C22H32FN3O. The van der Waals surface area contributed by atoms with Crippen molar-refractivity contribution in [3.63, 3.8) is 0 Å². The first-order valence-corrected chi connectivity index (χ1v) is 9.45. The summed E-state index contributed by atoms with van der Waals surface area (Å²) in [6, 6.07) is 7.74. The SMILES string of the molecule is CC(C)=CC(C)CCC(C)c1ccccc1NC(=O)c1c(C)nn(C)c1F.[HH]. The highest BCUT2D eigenvalue weighted by Gasteiger charge is 2.22. The molecule has 2 aromatic rings. The summed E-state index contributed by atoms with van der Waals surface area (Å²) in [6.07, 6.45) is 4.37. The van der Waals surface area contributed by atoms with E-state index < -0.39 is 11.9 Å². The van der Waals surface area contributed by atoms with Crippen LogP contribution in [0.15, 0.2) is 35.9 Å². The average molecular weight is 374 g/mol. The fraction of sp³-hybridized carbons (Fsp3) is 0.455. The van der Waals surface area contributed by atoms with Gasteiger partial charge in [0.05, 0.1) is 5.69 Å². The molecule has 1 aromatic carbocycles. The van der Waals surface area contributed by atoms with E-state index in [1.807, 2.05) is 24.3 Å². The van der Waals surface area contributed by atoms with Gasteiger partial charge in [0.25, 0.3) is 5.91 Å². The number of hydrogen-bond acceptors (Lipinski definition) is 2. The Bertz CT molecular complexity index is 840. The van der Waals surface area contributed by atoms with Crippen molar-refractivity contribution in [2.45, 2.75) is 53.4 Å². The highest BCUT2D eigenvalue weighted by molar-refractivity contribution is 6.05. The fourth-order valence-corrected chi connectivity index (χ4v) is 3.43. The van der Waals surface area contributed by atoms with Crippen LogP contribution in [0.2, 0.25) is 0 Å². The summed E-state index contributed by atoms with van der Waals surface area (Å²) >= 11 is 0. The van der Waals surface area contributed by atoms with E-state index in [9.17, 15) is 9.18 Å². The zero-order valence-corrected chi connectivity index (χ0v) is 17.1. The van der Waals surface area contributed by atoms with Gasteiger partial charge in [-0.1, -0.05) is 43.7 Å². The lowest BCUT2D eigenvalue weighted by atomic mass is 9.90. The number of carbonyl (C=O) groups is 1. The van der Waals surface area contributed by atoms with Crippen molar-refractivity contribution in [2.75, 3.05) is 5.32 Å². The largest absolute Gasteiger partial charge is 0.322 e. The second-order valence-corrected chi connectivity index (χ2v) is 7.62. The first-order valence-electron chi connectivity index (χ1n) is 9.45. The van der Waals surface area contributed by atoms with Crippen LogP contribution in [0.25, 0.3) is 0 Å². The van der Waals surface area contributed by atoms with Gasteiger partial charge in [-0.15, -0.1) is 0 Å². The van der Waals surface area contributed by atoms with Crippen LogP contribution < -0.4 is 5.32 Å². The predicted octanol–water partition coefficient (Wildman–Crippen LogP) is 5.85. The number of hydrogen-bond donors (Lipinski definition) is 1. The maximum atomic E-state index is 14.2. The summed E-state index contributed by atoms with van der Waals surface area (Å²) in [5.74, 6) is -0.276. The number of aromatic nitrogens is 2. The second-order valence-electron chi connectivity index (χ2n) is 7.62. The molecule has 1 amide bonds. The molecule has 0 radical (unpaired) electrons. The standard InChI is InChI=1S/C22H30FN3O.H2/c1-14(2)13-15(3)11-12-16(4)18-9-7-8-10-19(18)24-22(27)20-17(5)25-26(6)21(20)23;/h7-10,13,15-16H,11-12H2,1-6H3,(H,24,27);1H. The molecule has 5 heteroatoms. The van der Waals surface area contributed by atoms with Crippen LogP contribution >= 0.6 is 0 Å². The van der Waals surface area contributed by atoms with Crippen molar-refractivity contribution in [3.8, 4) is 0 Å². The number of benzene rings is 1. The van der Waals surface area contributed by atoms with Gasteiger partial charge in [0, 0.05) is 14.2 Å². The molecule has 1 aromatic heterocycles. The van der Waals surface area contributed by atoms with Crippen LogP contribution in [0.3, 0.4) is 0 Å². The number of rotatable bonds is 7. The lowest BCUT2D eigenvalue weighted by Crippen LogP contribution is -2.16. The zero-order valence-electron chi connectivity index (χ0n) is 17.1. The molecule has 4 nitrogen and oxygen atoms in total. The monoisotopic (exact) mass is 373 g/mol. The van der Waals surface area contributed by atoms with Crippen molar-refractivity contribution in [3.05, 3.63) is 58.7 Å². The Kier molecular flexibility index (Phi) is 6.94. The molecule has 0 saturated carbocycles. The minimum absolute atomic E-state index is 0. The van der Waals surface area contributed by atoms with Crippen molar-refractivity contribution in [1.29, 1.82) is 0 Å². The Morgan fingerprint density at radius 2 is 1.96 bits per heavy atom. The number of anilines is 1. The van der Waals surface area contributed by atoms with Crippen LogP contribution in [0.1, 0.15) is 69.5 Å². The summed E-state index contributed by atoms with van der Waals surface area (Å²) < 4.78 is 15.3. The molecule has 2 rings (SSSR count). The number of halogens is 1. The topological polar surface area (TPSA) is 46.9 Å². The molecule has 0 aliphatic heterocycles. The van der Waals surface area contributed by atoms with Gasteiger partial charge in [-0.25, -0.2) is 4.68 Å². The lowest BCUT2D eigenvalue weighted by molar-refractivity contribution is 0.102. The lowest BCUT2D eigenvalue weighted by Gasteiger charge is -2.18. The summed E-state index contributed by atoms with van der Waals surface area (Å²) in [5.41, 5.74) is 3.51. The number of nitrogens with zero attached hydrogens (tertiary/aromatic N) is 2. The van der Waals surface area contributed by atoms with Crippen LogP contribution in [0.5, 0.6) is 0 Å². The van der Waals surface area contributed by atoms with Gasteiger partial charge >= 0.3 is 0 Å². The Morgan fingerprint density at radius 3 is 2.56 bits per heavy atom. The van der Waals surface area contributed by atoms with E-state index in [-0.39, 0.29) is 12.9 Å². The third-order valence-electron chi connectivity index (χ3n) is 4.79. The number of carbonyl (C=O) groups excluding carboxylic acids is 1. The minimum Gasteiger partial charge on any atom is -0.322 e. The molecule has 0 aliphatic carbocycles. The number of aryl methyl sites for hydroxylation is 2. The molecule has 1 N–H and O–H groups in total. The number of allylic oxidation sites excluding steroid dienone is 2. The molecule has 148 valence electrons. The van der Waals surface area contributed by atoms with E-state index in [1.165, 1.54) is 12.6 Å². The predicted molar refractivity (Wildman–Crippen MR) is 111 cm³/mol. The van der Waals surface area contributed by atoms with Gasteiger partial charge in [-0.05, 0) is 57.1 Å². The molecule has 0 fully saturated rings.